The van der Waals surface area contributed by atoms with Crippen molar-refractivity contribution in [1.29, 1.82) is 0 Å². The van der Waals surface area contributed by atoms with Crippen LogP contribution in [-0.2, 0) is 6.54 Å². The molecule has 0 atom stereocenters. The first-order chi connectivity index (χ1) is 13.1. The number of hydrogen-bond donors (Lipinski definition) is 0. The summed E-state index contributed by atoms with van der Waals surface area (Å²) in [5.41, 5.74) is 2.54. The zero-order chi connectivity index (χ0) is 19.0. The first-order valence-electron chi connectivity index (χ1n) is 9.12. The second kappa shape index (κ2) is 7.19. The number of nitrogens with zero attached hydrogens (tertiary/aromatic N) is 5. The van der Waals surface area contributed by atoms with E-state index >= 15 is 0 Å². The lowest BCUT2D eigenvalue weighted by Gasteiger charge is -2.34. The number of carbonyl (C=O) groups excluding carboxylic acids is 1. The minimum atomic E-state index is 0.0130. The van der Waals surface area contributed by atoms with Crippen LogP contribution in [-0.4, -0.2) is 58.9 Å². The van der Waals surface area contributed by atoms with Gasteiger partial charge in [0.15, 0.2) is 10.8 Å². The summed E-state index contributed by atoms with van der Waals surface area (Å²) < 4.78 is 8.27. The maximum absolute atomic E-state index is 12.7. The Kier molecular flexibility index (Phi) is 4.73. The highest BCUT2D eigenvalue weighted by molar-refractivity contribution is 7.22. The van der Waals surface area contributed by atoms with Crippen molar-refractivity contribution in [3.63, 3.8) is 0 Å². The van der Waals surface area contributed by atoms with Crippen molar-refractivity contribution in [1.82, 2.24) is 19.7 Å². The molecule has 4 rings (SSSR count). The highest BCUT2D eigenvalue weighted by Crippen LogP contribution is 2.31. The zero-order valence-corrected chi connectivity index (χ0v) is 16.6. The van der Waals surface area contributed by atoms with Gasteiger partial charge >= 0.3 is 0 Å². The molecule has 0 bridgehead atoms. The van der Waals surface area contributed by atoms with Gasteiger partial charge in [-0.05, 0) is 38.1 Å². The van der Waals surface area contributed by atoms with E-state index in [1.54, 1.807) is 18.4 Å². The van der Waals surface area contributed by atoms with Gasteiger partial charge in [-0.3, -0.25) is 9.48 Å². The van der Waals surface area contributed by atoms with Crippen LogP contribution in [0.4, 0.5) is 5.13 Å². The third-order valence-electron chi connectivity index (χ3n) is 4.92. The third-order valence-corrected chi connectivity index (χ3v) is 6.00. The molecule has 1 aliphatic heterocycles. The van der Waals surface area contributed by atoms with Crippen LogP contribution in [0.1, 0.15) is 23.1 Å². The second-order valence-electron chi connectivity index (χ2n) is 6.60. The molecule has 0 saturated carbocycles. The lowest BCUT2D eigenvalue weighted by molar-refractivity contribution is 0.0740. The summed E-state index contributed by atoms with van der Waals surface area (Å²) in [5.74, 6) is 0.855. The first-order valence-corrected chi connectivity index (χ1v) is 9.94. The summed E-state index contributed by atoms with van der Waals surface area (Å²) in [7, 11) is 1.67. The van der Waals surface area contributed by atoms with Gasteiger partial charge in [-0.15, -0.1) is 0 Å². The zero-order valence-electron chi connectivity index (χ0n) is 15.8. The largest absolute Gasteiger partial charge is 0.497 e. The van der Waals surface area contributed by atoms with Crippen molar-refractivity contribution < 1.29 is 9.53 Å². The standard InChI is InChI=1S/C19H23N5O2S/c1-4-24-13(2)11-16(21-24)18(25)22-7-9-23(10-8-22)19-20-15-6-5-14(26-3)12-17(15)27-19/h5-6,11-12H,4,7-10H2,1-3H3. The molecule has 1 aliphatic rings. The Morgan fingerprint density at radius 1 is 1.22 bits per heavy atom. The molecule has 0 N–H and O–H groups in total. The predicted octanol–water partition coefficient (Wildman–Crippen LogP) is 2.79. The Bertz CT molecular complexity index is 972. The number of hydrogen-bond acceptors (Lipinski definition) is 6. The Morgan fingerprint density at radius 3 is 2.67 bits per heavy atom. The van der Waals surface area contributed by atoms with Gasteiger partial charge in [-0.25, -0.2) is 4.98 Å². The molecule has 2 aromatic heterocycles. The summed E-state index contributed by atoms with van der Waals surface area (Å²) in [6, 6.07) is 7.81. The van der Waals surface area contributed by atoms with E-state index < -0.39 is 0 Å². The van der Waals surface area contributed by atoms with Crippen molar-refractivity contribution in [2.24, 2.45) is 0 Å². The minimum Gasteiger partial charge on any atom is -0.497 e. The van der Waals surface area contributed by atoms with Crippen LogP contribution in [0, 0.1) is 6.92 Å². The quantitative estimate of drug-likeness (QED) is 0.691. The number of benzene rings is 1. The normalized spacial score (nSPS) is 14.8. The summed E-state index contributed by atoms with van der Waals surface area (Å²) in [4.78, 5) is 21.6. The summed E-state index contributed by atoms with van der Waals surface area (Å²) in [5, 5.41) is 5.41. The molecule has 1 amide bonds. The topological polar surface area (TPSA) is 63.5 Å². The van der Waals surface area contributed by atoms with Crippen LogP contribution in [0.2, 0.25) is 0 Å². The van der Waals surface area contributed by atoms with Gasteiger partial charge < -0.3 is 14.5 Å². The lowest BCUT2D eigenvalue weighted by atomic mass is 10.2. The fourth-order valence-electron chi connectivity index (χ4n) is 3.35. The van der Waals surface area contributed by atoms with Crippen molar-refractivity contribution in [3.8, 4) is 5.75 Å². The molecule has 3 heterocycles. The van der Waals surface area contributed by atoms with Gasteiger partial charge in [0.05, 0.1) is 17.3 Å². The molecule has 27 heavy (non-hydrogen) atoms. The number of methoxy groups -OCH3 is 1. The number of piperazine rings is 1. The fourth-order valence-corrected chi connectivity index (χ4v) is 4.40. The third kappa shape index (κ3) is 3.37. The van der Waals surface area contributed by atoms with Gasteiger partial charge in [0.25, 0.3) is 5.91 Å². The number of amides is 1. The first kappa shape index (κ1) is 17.8. The highest BCUT2D eigenvalue weighted by Gasteiger charge is 2.25. The predicted molar refractivity (Wildman–Crippen MR) is 107 cm³/mol. The maximum atomic E-state index is 12.7. The van der Waals surface area contributed by atoms with E-state index in [1.807, 2.05) is 47.7 Å². The average Bonchev–Trinajstić information content (AvgIpc) is 3.30. The number of rotatable bonds is 4. The minimum absolute atomic E-state index is 0.0130. The molecule has 1 fully saturated rings. The van der Waals surface area contributed by atoms with E-state index in [1.165, 1.54) is 0 Å². The molecule has 1 saturated heterocycles. The van der Waals surface area contributed by atoms with Gasteiger partial charge in [-0.2, -0.15) is 5.10 Å². The number of carbonyl (C=O) groups is 1. The molecule has 3 aromatic rings. The van der Waals surface area contributed by atoms with Gasteiger partial charge in [0, 0.05) is 38.4 Å². The number of thiazole rings is 1. The molecule has 1 aromatic carbocycles. The molecule has 8 heteroatoms. The van der Waals surface area contributed by atoms with Crippen molar-refractivity contribution in [2.45, 2.75) is 20.4 Å². The highest BCUT2D eigenvalue weighted by atomic mass is 32.1. The summed E-state index contributed by atoms with van der Waals surface area (Å²) in [6.45, 7) is 7.68. The van der Waals surface area contributed by atoms with Crippen LogP contribution >= 0.6 is 11.3 Å². The van der Waals surface area contributed by atoms with E-state index in [2.05, 4.69) is 10.00 Å². The molecule has 142 valence electrons. The SMILES string of the molecule is CCn1nc(C(=O)N2CCN(c3nc4ccc(OC)cc4s3)CC2)cc1C. The smallest absolute Gasteiger partial charge is 0.274 e. The van der Waals surface area contributed by atoms with Crippen LogP contribution in [0.3, 0.4) is 0 Å². The van der Waals surface area contributed by atoms with Crippen molar-refractivity contribution >= 4 is 32.6 Å². The number of ether oxygens (including phenoxy) is 1. The molecule has 0 unspecified atom stereocenters. The number of aryl methyl sites for hydroxylation is 2. The van der Waals surface area contributed by atoms with Crippen LogP contribution < -0.4 is 9.64 Å². The van der Waals surface area contributed by atoms with E-state index in [0.29, 0.717) is 18.8 Å². The Hall–Kier alpha value is -2.61. The molecule has 0 radical (unpaired) electrons. The van der Waals surface area contributed by atoms with E-state index in [0.717, 1.165) is 46.4 Å². The fraction of sp³-hybridized carbons (Fsp3) is 0.421. The van der Waals surface area contributed by atoms with Gasteiger partial charge in [0.1, 0.15) is 5.75 Å². The Labute approximate surface area is 162 Å². The average molecular weight is 385 g/mol. The molecule has 0 aliphatic carbocycles. The molecule has 7 nitrogen and oxygen atoms in total. The van der Waals surface area contributed by atoms with E-state index in [4.69, 9.17) is 9.72 Å². The molecule has 0 spiro atoms. The number of anilines is 1. The molecular weight excluding hydrogens is 362 g/mol. The Morgan fingerprint density at radius 2 is 2.00 bits per heavy atom. The van der Waals surface area contributed by atoms with Crippen molar-refractivity contribution in [3.05, 3.63) is 35.7 Å². The van der Waals surface area contributed by atoms with Crippen LogP contribution in [0.25, 0.3) is 10.2 Å². The number of fused-ring (bicyclic) bond motifs is 1. The monoisotopic (exact) mass is 385 g/mol. The van der Waals surface area contributed by atoms with Gasteiger partial charge in [0.2, 0.25) is 0 Å². The maximum Gasteiger partial charge on any atom is 0.274 e. The van der Waals surface area contributed by atoms with Crippen LogP contribution in [0.5, 0.6) is 5.75 Å². The summed E-state index contributed by atoms with van der Waals surface area (Å²) >= 11 is 1.66. The lowest BCUT2D eigenvalue weighted by Crippen LogP contribution is -2.48. The molecular formula is C19H23N5O2S. The van der Waals surface area contributed by atoms with E-state index in [-0.39, 0.29) is 5.91 Å². The van der Waals surface area contributed by atoms with E-state index in [9.17, 15) is 4.79 Å². The Balaban J connectivity index is 1.44. The van der Waals surface area contributed by atoms with Gasteiger partial charge in [-0.1, -0.05) is 11.3 Å². The second-order valence-corrected chi connectivity index (χ2v) is 7.61. The summed E-state index contributed by atoms with van der Waals surface area (Å²) in [6.07, 6.45) is 0. The number of aromatic nitrogens is 3. The van der Waals surface area contributed by atoms with Crippen molar-refractivity contribution in [2.75, 3.05) is 38.2 Å². The van der Waals surface area contributed by atoms with Crippen LogP contribution in [0.15, 0.2) is 24.3 Å².